The van der Waals surface area contributed by atoms with E-state index >= 15 is 0 Å². The highest BCUT2D eigenvalue weighted by Gasteiger charge is 2.06. The first-order valence-corrected chi connectivity index (χ1v) is 8.09. The number of esters is 1. The summed E-state index contributed by atoms with van der Waals surface area (Å²) in [5, 5.41) is -0.0308. The van der Waals surface area contributed by atoms with Gasteiger partial charge in [-0.05, 0) is 42.3 Å². The van der Waals surface area contributed by atoms with Gasteiger partial charge < -0.3 is 4.74 Å². The standard InChI is InChI=1S/C19H14ClFN2O3/c1-12-3-2-8-23-17(24)10-14(22-19(12)23)11-26-18(25)7-5-13-4-6-16(21)15(20)9-13/h2-10H,11H2,1H3/b7-5+. The molecule has 1 aromatic carbocycles. The van der Waals surface area contributed by atoms with Gasteiger partial charge in [0.05, 0.1) is 10.7 Å². The van der Waals surface area contributed by atoms with Crippen LogP contribution in [-0.4, -0.2) is 15.4 Å². The van der Waals surface area contributed by atoms with Crippen LogP contribution in [-0.2, 0) is 16.1 Å². The number of aryl methyl sites for hydroxylation is 1. The minimum atomic E-state index is -0.614. The van der Waals surface area contributed by atoms with E-state index < -0.39 is 11.8 Å². The molecule has 0 aliphatic carbocycles. The Bertz CT molecular complexity index is 1080. The third kappa shape index (κ3) is 3.97. The zero-order valence-electron chi connectivity index (χ0n) is 13.8. The summed E-state index contributed by atoms with van der Waals surface area (Å²) in [7, 11) is 0. The summed E-state index contributed by atoms with van der Waals surface area (Å²) < 4.78 is 19.6. The van der Waals surface area contributed by atoms with Crippen molar-refractivity contribution >= 4 is 29.3 Å². The van der Waals surface area contributed by atoms with Gasteiger partial charge in [0.1, 0.15) is 18.1 Å². The number of benzene rings is 1. The van der Waals surface area contributed by atoms with Gasteiger partial charge in [0, 0.05) is 18.3 Å². The van der Waals surface area contributed by atoms with E-state index in [2.05, 4.69) is 4.98 Å². The van der Waals surface area contributed by atoms with E-state index in [9.17, 15) is 14.0 Å². The van der Waals surface area contributed by atoms with Crippen molar-refractivity contribution in [3.8, 4) is 0 Å². The quantitative estimate of drug-likeness (QED) is 0.519. The van der Waals surface area contributed by atoms with Gasteiger partial charge in [0.15, 0.2) is 0 Å². The SMILES string of the molecule is Cc1cccn2c(=O)cc(COC(=O)/C=C/c3ccc(F)c(Cl)c3)nc12. The second kappa shape index (κ2) is 7.49. The molecule has 0 saturated heterocycles. The number of aromatic nitrogens is 2. The van der Waals surface area contributed by atoms with E-state index in [0.29, 0.717) is 16.9 Å². The number of hydrogen-bond donors (Lipinski definition) is 0. The molecule has 7 heteroatoms. The molecule has 0 N–H and O–H groups in total. The van der Waals surface area contributed by atoms with Gasteiger partial charge in [-0.3, -0.25) is 9.20 Å². The monoisotopic (exact) mass is 372 g/mol. The van der Waals surface area contributed by atoms with Crippen LogP contribution in [0.15, 0.2) is 53.5 Å². The molecular formula is C19H14ClFN2O3. The highest BCUT2D eigenvalue weighted by atomic mass is 35.5. The van der Waals surface area contributed by atoms with E-state index in [4.69, 9.17) is 16.3 Å². The molecule has 2 heterocycles. The summed E-state index contributed by atoms with van der Waals surface area (Å²) in [5.74, 6) is -1.15. The lowest BCUT2D eigenvalue weighted by Gasteiger charge is -2.06. The maximum absolute atomic E-state index is 13.1. The third-order valence-corrected chi connectivity index (χ3v) is 3.95. The third-order valence-electron chi connectivity index (χ3n) is 3.66. The lowest BCUT2D eigenvalue weighted by Crippen LogP contribution is -2.17. The Morgan fingerprint density at radius 1 is 1.35 bits per heavy atom. The number of fused-ring (bicyclic) bond motifs is 1. The molecule has 0 spiro atoms. The second-order valence-electron chi connectivity index (χ2n) is 5.59. The van der Waals surface area contributed by atoms with Crippen LogP contribution >= 0.6 is 11.6 Å². The summed E-state index contributed by atoms with van der Waals surface area (Å²) >= 11 is 5.68. The molecule has 0 bridgehead atoms. The maximum Gasteiger partial charge on any atom is 0.331 e. The predicted octanol–water partition coefficient (Wildman–Crippen LogP) is 3.55. The Labute approximate surface area is 153 Å². The van der Waals surface area contributed by atoms with Gasteiger partial charge in [-0.2, -0.15) is 0 Å². The first kappa shape index (κ1) is 17.8. The molecule has 0 saturated carbocycles. The van der Waals surface area contributed by atoms with Crippen LogP contribution in [0.2, 0.25) is 5.02 Å². The summed E-state index contributed by atoms with van der Waals surface area (Å²) in [6.45, 7) is 1.71. The fraction of sp³-hybridized carbons (Fsp3) is 0.105. The summed E-state index contributed by atoms with van der Waals surface area (Å²) in [5.41, 5.74) is 2.02. The molecule has 2 aromatic heterocycles. The zero-order valence-corrected chi connectivity index (χ0v) is 14.5. The highest BCUT2D eigenvalue weighted by molar-refractivity contribution is 6.30. The number of carbonyl (C=O) groups is 1. The number of ether oxygens (including phenoxy) is 1. The largest absolute Gasteiger partial charge is 0.456 e. The van der Waals surface area contributed by atoms with Crippen LogP contribution in [0.5, 0.6) is 0 Å². The van der Waals surface area contributed by atoms with Crippen LogP contribution in [0, 0.1) is 12.7 Å². The van der Waals surface area contributed by atoms with Crippen molar-refractivity contribution in [2.45, 2.75) is 13.5 Å². The van der Waals surface area contributed by atoms with E-state index in [-0.39, 0.29) is 17.2 Å². The normalized spacial score (nSPS) is 11.2. The molecule has 26 heavy (non-hydrogen) atoms. The molecule has 132 valence electrons. The molecular weight excluding hydrogens is 359 g/mol. The topological polar surface area (TPSA) is 60.7 Å². The second-order valence-corrected chi connectivity index (χ2v) is 5.99. The predicted molar refractivity (Wildman–Crippen MR) is 96.4 cm³/mol. The molecule has 5 nitrogen and oxygen atoms in total. The van der Waals surface area contributed by atoms with Crippen LogP contribution in [0.4, 0.5) is 4.39 Å². The Balaban J connectivity index is 1.70. The van der Waals surface area contributed by atoms with E-state index in [1.54, 1.807) is 12.3 Å². The molecule has 0 amide bonds. The van der Waals surface area contributed by atoms with Crippen molar-refractivity contribution < 1.29 is 13.9 Å². The first-order valence-electron chi connectivity index (χ1n) is 7.72. The smallest absolute Gasteiger partial charge is 0.331 e. The lowest BCUT2D eigenvalue weighted by molar-refractivity contribution is -0.139. The van der Waals surface area contributed by atoms with Crippen molar-refractivity contribution in [1.29, 1.82) is 0 Å². The number of rotatable bonds is 4. The Kier molecular flexibility index (Phi) is 5.14. The van der Waals surface area contributed by atoms with Crippen molar-refractivity contribution in [2.75, 3.05) is 0 Å². The van der Waals surface area contributed by atoms with Crippen molar-refractivity contribution in [2.24, 2.45) is 0 Å². The van der Waals surface area contributed by atoms with Gasteiger partial charge in [-0.1, -0.05) is 23.7 Å². The summed E-state index contributed by atoms with van der Waals surface area (Å²) in [4.78, 5) is 28.3. The molecule has 0 unspecified atom stereocenters. The van der Waals surface area contributed by atoms with Gasteiger partial charge in [-0.25, -0.2) is 14.2 Å². The number of halogens is 2. The van der Waals surface area contributed by atoms with Gasteiger partial charge in [0.2, 0.25) is 0 Å². The maximum atomic E-state index is 13.1. The summed E-state index contributed by atoms with van der Waals surface area (Å²) in [6, 6.07) is 9.02. The number of carbonyl (C=O) groups excluding carboxylic acids is 1. The minimum absolute atomic E-state index is 0.0308. The highest BCUT2D eigenvalue weighted by Crippen LogP contribution is 2.17. The average molecular weight is 373 g/mol. The van der Waals surface area contributed by atoms with E-state index in [1.165, 1.54) is 40.8 Å². The molecule has 3 rings (SSSR count). The molecule has 0 radical (unpaired) electrons. The van der Waals surface area contributed by atoms with Crippen molar-refractivity contribution in [3.63, 3.8) is 0 Å². The zero-order chi connectivity index (χ0) is 18.7. The Hall–Kier alpha value is -2.99. The van der Waals surface area contributed by atoms with Crippen molar-refractivity contribution in [1.82, 2.24) is 9.38 Å². The van der Waals surface area contributed by atoms with Crippen LogP contribution in [0.3, 0.4) is 0 Å². The first-order chi connectivity index (χ1) is 12.4. The molecule has 0 atom stereocenters. The van der Waals surface area contributed by atoms with Gasteiger partial charge >= 0.3 is 5.97 Å². The fourth-order valence-corrected chi connectivity index (χ4v) is 2.55. The van der Waals surface area contributed by atoms with Crippen LogP contribution in [0.1, 0.15) is 16.8 Å². The van der Waals surface area contributed by atoms with E-state index in [0.717, 1.165) is 5.56 Å². The van der Waals surface area contributed by atoms with Crippen molar-refractivity contribution in [3.05, 3.63) is 86.7 Å². The van der Waals surface area contributed by atoms with E-state index in [1.807, 2.05) is 13.0 Å². The number of hydrogen-bond acceptors (Lipinski definition) is 4. The number of pyridine rings is 1. The molecule has 3 aromatic rings. The minimum Gasteiger partial charge on any atom is -0.456 e. The van der Waals surface area contributed by atoms with Crippen LogP contribution in [0.25, 0.3) is 11.7 Å². The molecule has 0 aliphatic rings. The molecule has 0 fully saturated rings. The summed E-state index contributed by atoms with van der Waals surface area (Å²) in [6.07, 6.45) is 4.28. The Morgan fingerprint density at radius 3 is 2.92 bits per heavy atom. The average Bonchev–Trinajstić information content (AvgIpc) is 2.62. The number of nitrogens with zero attached hydrogens (tertiary/aromatic N) is 2. The van der Waals surface area contributed by atoms with Crippen LogP contribution < -0.4 is 5.56 Å². The lowest BCUT2D eigenvalue weighted by atomic mass is 10.2. The fourth-order valence-electron chi connectivity index (χ4n) is 2.36. The van der Waals surface area contributed by atoms with Gasteiger partial charge in [0.25, 0.3) is 5.56 Å². The molecule has 0 aliphatic heterocycles. The van der Waals surface area contributed by atoms with Gasteiger partial charge in [-0.15, -0.1) is 0 Å². The Morgan fingerprint density at radius 2 is 2.15 bits per heavy atom.